The van der Waals surface area contributed by atoms with Gasteiger partial charge in [0.15, 0.2) is 0 Å². The number of likely N-dealkylation sites (N-methyl/N-ethyl adjacent to an activating group) is 1. The number of nitrogens with zero attached hydrogens (tertiary/aromatic N) is 1. The van der Waals surface area contributed by atoms with E-state index in [0.29, 0.717) is 0 Å². The van der Waals surface area contributed by atoms with Crippen LogP contribution in [0.5, 0.6) is 0 Å². The van der Waals surface area contributed by atoms with Crippen LogP contribution in [0.4, 0.5) is 0 Å². The summed E-state index contributed by atoms with van der Waals surface area (Å²) in [6, 6.07) is 3.88. The fraction of sp³-hybridized carbons (Fsp3) is 0.583. The van der Waals surface area contributed by atoms with Gasteiger partial charge in [0.1, 0.15) is 11.5 Å². The molecule has 0 radical (unpaired) electrons. The normalized spacial score (nSPS) is 22.8. The summed E-state index contributed by atoms with van der Waals surface area (Å²) in [5, 5.41) is 3.03. The number of carbonyl (C=O) groups is 1. The van der Waals surface area contributed by atoms with Gasteiger partial charge in [-0.1, -0.05) is 0 Å². The molecule has 1 saturated heterocycles. The van der Waals surface area contributed by atoms with Gasteiger partial charge in [-0.3, -0.25) is 4.79 Å². The molecule has 0 aromatic carbocycles. The number of amides is 1. The molecule has 1 aromatic heterocycles. The molecule has 4 heteroatoms. The molecule has 88 valence electrons. The molecular formula is C12H18N2O2. The van der Waals surface area contributed by atoms with Gasteiger partial charge in [0.25, 0.3) is 0 Å². The van der Waals surface area contributed by atoms with Crippen LogP contribution >= 0.6 is 0 Å². The summed E-state index contributed by atoms with van der Waals surface area (Å²) in [5.74, 6) is 1.92. The summed E-state index contributed by atoms with van der Waals surface area (Å²) in [4.78, 5) is 13.9. The van der Waals surface area contributed by atoms with Crippen LogP contribution in [0.2, 0.25) is 0 Å². The van der Waals surface area contributed by atoms with Crippen molar-refractivity contribution in [2.45, 2.75) is 32.4 Å². The third kappa shape index (κ3) is 1.85. The minimum absolute atomic E-state index is 0.0274. The minimum Gasteiger partial charge on any atom is -0.464 e. The van der Waals surface area contributed by atoms with Crippen LogP contribution in [0.25, 0.3) is 0 Å². The molecule has 1 aliphatic rings. The Kier molecular flexibility index (Phi) is 3.01. The second-order valence-corrected chi connectivity index (χ2v) is 4.29. The van der Waals surface area contributed by atoms with Gasteiger partial charge in [-0.15, -0.1) is 0 Å². The highest BCUT2D eigenvalue weighted by Gasteiger charge is 2.34. The molecule has 1 amide bonds. The van der Waals surface area contributed by atoms with Crippen molar-refractivity contribution < 1.29 is 9.21 Å². The maximum atomic E-state index is 12.0. The van der Waals surface area contributed by atoms with E-state index in [4.69, 9.17) is 4.42 Å². The van der Waals surface area contributed by atoms with Crippen LogP contribution < -0.4 is 5.32 Å². The van der Waals surface area contributed by atoms with Crippen molar-refractivity contribution in [1.82, 2.24) is 10.2 Å². The summed E-state index contributed by atoms with van der Waals surface area (Å²) in [6.07, 6.45) is 0.874. The summed E-state index contributed by atoms with van der Waals surface area (Å²) in [6.45, 7) is 4.72. The summed E-state index contributed by atoms with van der Waals surface area (Å²) >= 11 is 0. The number of hydrogen-bond donors (Lipinski definition) is 1. The first-order valence-corrected chi connectivity index (χ1v) is 5.67. The zero-order valence-electron chi connectivity index (χ0n) is 9.99. The largest absolute Gasteiger partial charge is 0.464 e. The Morgan fingerprint density at radius 3 is 2.81 bits per heavy atom. The Bertz CT molecular complexity index is 386. The van der Waals surface area contributed by atoms with Gasteiger partial charge >= 0.3 is 0 Å². The van der Waals surface area contributed by atoms with Crippen molar-refractivity contribution in [3.05, 3.63) is 23.7 Å². The summed E-state index contributed by atoms with van der Waals surface area (Å²) < 4.78 is 5.56. The Balaban J connectivity index is 2.11. The standard InChI is InChI=1S/C12H18N2O2/c1-8-4-5-11(16-8)9(2)14-7-6-10(13-3)12(14)15/h4-5,9-10,13H,6-7H2,1-3H3. The highest BCUT2D eigenvalue weighted by Crippen LogP contribution is 2.26. The van der Waals surface area contributed by atoms with Gasteiger partial charge in [0.05, 0.1) is 12.1 Å². The number of nitrogens with one attached hydrogen (secondary N) is 1. The van der Waals surface area contributed by atoms with Crippen LogP contribution in [-0.2, 0) is 4.79 Å². The minimum atomic E-state index is -0.0292. The van der Waals surface area contributed by atoms with Gasteiger partial charge in [-0.25, -0.2) is 0 Å². The van der Waals surface area contributed by atoms with E-state index >= 15 is 0 Å². The monoisotopic (exact) mass is 222 g/mol. The Morgan fingerprint density at radius 1 is 1.56 bits per heavy atom. The number of aryl methyl sites for hydroxylation is 1. The van der Waals surface area contributed by atoms with Crippen molar-refractivity contribution in [2.24, 2.45) is 0 Å². The van der Waals surface area contributed by atoms with Crippen LogP contribution in [0.15, 0.2) is 16.5 Å². The van der Waals surface area contributed by atoms with Crippen LogP contribution in [0, 0.1) is 6.92 Å². The van der Waals surface area contributed by atoms with Crippen molar-refractivity contribution in [1.29, 1.82) is 0 Å². The number of carbonyl (C=O) groups excluding carboxylic acids is 1. The maximum Gasteiger partial charge on any atom is 0.240 e. The van der Waals surface area contributed by atoms with Gasteiger partial charge in [0.2, 0.25) is 5.91 Å². The van der Waals surface area contributed by atoms with Gasteiger partial charge in [0, 0.05) is 6.54 Å². The highest BCUT2D eigenvalue weighted by molar-refractivity contribution is 5.84. The fourth-order valence-corrected chi connectivity index (χ4v) is 2.19. The van der Waals surface area contributed by atoms with Crippen LogP contribution in [-0.4, -0.2) is 30.4 Å². The quantitative estimate of drug-likeness (QED) is 0.842. The van der Waals surface area contributed by atoms with E-state index in [-0.39, 0.29) is 18.0 Å². The molecule has 0 aliphatic carbocycles. The molecule has 2 rings (SSSR count). The fourth-order valence-electron chi connectivity index (χ4n) is 2.19. The number of likely N-dealkylation sites (tertiary alicyclic amines) is 1. The first kappa shape index (κ1) is 11.2. The molecule has 0 bridgehead atoms. The molecular weight excluding hydrogens is 204 g/mol. The molecule has 0 spiro atoms. The summed E-state index contributed by atoms with van der Waals surface area (Å²) in [7, 11) is 1.83. The number of hydrogen-bond acceptors (Lipinski definition) is 3. The first-order chi connectivity index (χ1) is 7.63. The third-order valence-electron chi connectivity index (χ3n) is 3.23. The second kappa shape index (κ2) is 4.29. The number of rotatable bonds is 3. The van der Waals surface area contributed by atoms with E-state index in [1.54, 1.807) is 0 Å². The smallest absolute Gasteiger partial charge is 0.240 e. The lowest BCUT2D eigenvalue weighted by atomic mass is 10.2. The molecule has 16 heavy (non-hydrogen) atoms. The van der Waals surface area contributed by atoms with E-state index in [9.17, 15) is 4.79 Å². The predicted molar refractivity (Wildman–Crippen MR) is 61.0 cm³/mol. The zero-order valence-corrected chi connectivity index (χ0v) is 9.99. The van der Waals surface area contributed by atoms with Gasteiger partial charge in [-0.05, 0) is 39.4 Å². The van der Waals surface area contributed by atoms with Gasteiger partial charge in [-0.2, -0.15) is 0 Å². The molecule has 2 heterocycles. The average molecular weight is 222 g/mol. The molecule has 1 aliphatic heterocycles. The molecule has 2 atom stereocenters. The van der Waals surface area contributed by atoms with E-state index in [1.165, 1.54) is 0 Å². The van der Waals surface area contributed by atoms with Crippen LogP contribution in [0.3, 0.4) is 0 Å². The van der Waals surface area contributed by atoms with Crippen LogP contribution in [0.1, 0.15) is 30.9 Å². The Labute approximate surface area is 95.6 Å². The highest BCUT2D eigenvalue weighted by atomic mass is 16.3. The molecule has 4 nitrogen and oxygen atoms in total. The first-order valence-electron chi connectivity index (χ1n) is 5.67. The predicted octanol–water partition coefficient (Wildman–Crippen LogP) is 1.47. The van der Waals surface area contributed by atoms with Crippen molar-refractivity contribution in [3.63, 3.8) is 0 Å². The lowest BCUT2D eigenvalue weighted by Gasteiger charge is -2.22. The molecule has 2 unspecified atom stereocenters. The topological polar surface area (TPSA) is 45.5 Å². The second-order valence-electron chi connectivity index (χ2n) is 4.29. The molecule has 0 saturated carbocycles. The SMILES string of the molecule is CNC1CCN(C(C)c2ccc(C)o2)C1=O. The van der Waals surface area contributed by atoms with E-state index in [2.05, 4.69) is 5.32 Å². The third-order valence-corrected chi connectivity index (χ3v) is 3.23. The van der Waals surface area contributed by atoms with E-state index < -0.39 is 0 Å². The lowest BCUT2D eigenvalue weighted by molar-refractivity contribution is -0.131. The molecule has 1 aromatic rings. The van der Waals surface area contributed by atoms with Crippen molar-refractivity contribution in [2.75, 3.05) is 13.6 Å². The van der Waals surface area contributed by atoms with Crippen molar-refractivity contribution >= 4 is 5.91 Å². The zero-order chi connectivity index (χ0) is 11.7. The maximum absolute atomic E-state index is 12.0. The van der Waals surface area contributed by atoms with E-state index in [0.717, 1.165) is 24.5 Å². The lowest BCUT2D eigenvalue weighted by Crippen LogP contribution is -2.37. The van der Waals surface area contributed by atoms with Gasteiger partial charge < -0.3 is 14.6 Å². The van der Waals surface area contributed by atoms with Crippen molar-refractivity contribution in [3.8, 4) is 0 Å². The molecule has 1 N–H and O–H groups in total. The Hall–Kier alpha value is -1.29. The van der Waals surface area contributed by atoms with E-state index in [1.807, 2.05) is 37.9 Å². The number of furan rings is 1. The summed E-state index contributed by atoms with van der Waals surface area (Å²) in [5.41, 5.74) is 0. The average Bonchev–Trinajstić information content (AvgIpc) is 2.84. The Morgan fingerprint density at radius 2 is 2.31 bits per heavy atom. The molecule has 1 fully saturated rings.